The first-order chi connectivity index (χ1) is 11.6. The Kier molecular flexibility index (Phi) is 5.62. The van der Waals surface area contributed by atoms with E-state index in [0.717, 1.165) is 0 Å². The lowest BCUT2D eigenvalue weighted by atomic mass is 10.2. The van der Waals surface area contributed by atoms with E-state index in [-0.39, 0.29) is 5.56 Å². The number of anilines is 1. The quantitative estimate of drug-likeness (QED) is 0.599. The third-order valence-electron chi connectivity index (χ3n) is 3.27. The summed E-state index contributed by atoms with van der Waals surface area (Å²) in [4.78, 5) is 10.8. The zero-order valence-corrected chi connectivity index (χ0v) is 13.6. The summed E-state index contributed by atoms with van der Waals surface area (Å²) in [6.07, 6.45) is 1.56. The van der Waals surface area contributed by atoms with E-state index >= 15 is 0 Å². The van der Waals surface area contributed by atoms with Gasteiger partial charge in [0, 0.05) is 12.1 Å². The first kappa shape index (κ1) is 17.1. The fraction of sp³-hybridized carbons (Fsp3) is 0.176. The van der Waals surface area contributed by atoms with E-state index < -0.39 is 5.97 Å². The predicted molar refractivity (Wildman–Crippen MR) is 90.7 cm³/mol. The van der Waals surface area contributed by atoms with Crippen molar-refractivity contribution in [3.05, 3.63) is 47.5 Å². The Balaban J connectivity index is 2.20. The second-order valence-electron chi connectivity index (χ2n) is 4.70. The molecule has 0 fully saturated rings. The third-order valence-corrected chi connectivity index (χ3v) is 3.27. The van der Waals surface area contributed by atoms with Gasteiger partial charge in [-0.05, 0) is 24.3 Å². The molecular weight excluding hydrogens is 312 g/mol. The molecule has 0 atom stereocenters. The molecule has 0 bridgehead atoms. The molecule has 0 aliphatic heterocycles. The summed E-state index contributed by atoms with van der Waals surface area (Å²) in [5.41, 5.74) is 4.34. The highest BCUT2D eigenvalue weighted by Gasteiger charge is 2.11. The molecule has 0 aromatic heterocycles. The molecule has 7 heteroatoms. The Morgan fingerprint density at radius 1 is 1.04 bits per heavy atom. The number of hydrogen-bond donors (Lipinski definition) is 2. The van der Waals surface area contributed by atoms with Crippen LogP contribution in [0, 0.1) is 0 Å². The number of carboxylic acid groups (broad SMARTS) is 1. The van der Waals surface area contributed by atoms with Gasteiger partial charge >= 0.3 is 5.97 Å². The Bertz CT molecular complexity index is 716. The lowest BCUT2D eigenvalue weighted by molar-refractivity contribution is 0.0697. The standard InChI is InChI=1S/C17H18N2O5/c1-22-13-8-15(23-2)14(16(9-13)24-3)10-18-19-12-6-4-11(5-7-12)17(20)21/h4-10,19H,1-3H3,(H,20,21)/b18-10-. The van der Waals surface area contributed by atoms with Gasteiger partial charge in [-0.25, -0.2) is 4.79 Å². The summed E-state index contributed by atoms with van der Waals surface area (Å²) in [6.45, 7) is 0. The average Bonchev–Trinajstić information content (AvgIpc) is 2.61. The van der Waals surface area contributed by atoms with Gasteiger partial charge in [-0.15, -0.1) is 0 Å². The molecule has 24 heavy (non-hydrogen) atoms. The number of carbonyl (C=O) groups is 1. The van der Waals surface area contributed by atoms with Crippen molar-refractivity contribution in [2.45, 2.75) is 0 Å². The van der Waals surface area contributed by atoms with Crippen LogP contribution in [-0.4, -0.2) is 38.6 Å². The van der Waals surface area contributed by atoms with Crippen molar-refractivity contribution >= 4 is 17.9 Å². The Morgan fingerprint density at radius 2 is 1.62 bits per heavy atom. The van der Waals surface area contributed by atoms with E-state index in [2.05, 4.69) is 10.5 Å². The number of rotatable bonds is 7. The van der Waals surface area contributed by atoms with Gasteiger partial charge in [0.25, 0.3) is 0 Å². The second kappa shape index (κ2) is 7.87. The first-order valence-corrected chi connectivity index (χ1v) is 7.01. The van der Waals surface area contributed by atoms with Crippen LogP contribution in [0.5, 0.6) is 17.2 Å². The summed E-state index contributed by atoms with van der Waals surface area (Å²) in [5.74, 6) is 0.742. The number of hydrogen-bond acceptors (Lipinski definition) is 6. The Hall–Kier alpha value is -3.22. The predicted octanol–water partition coefficient (Wildman–Crippen LogP) is 2.86. The fourth-order valence-corrected chi connectivity index (χ4v) is 2.02. The van der Waals surface area contributed by atoms with Crippen LogP contribution >= 0.6 is 0 Å². The highest BCUT2D eigenvalue weighted by atomic mass is 16.5. The average molecular weight is 330 g/mol. The van der Waals surface area contributed by atoms with Crippen LogP contribution < -0.4 is 19.6 Å². The zero-order valence-electron chi connectivity index (χ0n) is 13.6. The molecule has 7 nitrogen and oxygen atoms in total. The number of hydrazone groups is 1. The number of ether oxygens (including phenoxy) is 3. The molecule has 2 aromatic carbocycles. The third kappa shape index (κ3) is 3.95. The first-order valence-electron chi connectivity index (χ1n) is 7.01. The fourth-order valence-electron chi connectivity index (χ4n) is 2.02. The van der Waals surface area contributed by atoms with E-state index in [1.807, 2.05) is 0 Å². The van der Waals surface area contributed by atoms with Gasteiger partial charge in [0.05, 0.1) is 44.4 Å². The van der Waals surface area contributed by atoms with Crippen molar-refractivity contribution < 1.29 is 24.1 Å². The molecule has 0 aliphatic rings. The molecule has 0 radical (unpaired) electrons. The number of nitrogens with one attached hydrogen (secondary N) is 1. The van der Waals surface area contributed by atoms with Crippen molar-refractivity contribution in [1.29, 1.82) is 0 Å². The normalized spacial score (nSPS) is 10.5. The summed E-state index contributed by atoms with van der Waals surface area (Å²) in [5, 5.41) is 13.0. The molecule has 0 amide bonds. The van der Waals surface area contributed by atoms with Gasteiger partial charge in [-0.3, -0.25) is 5.43 Å². The highest BCUT2D eigenvalue weighted by molar-refractivity contribution is 5.89. The highest BCUT2D eigenvalue weighted by Crippen LogP contribution is 2.32. The van der Waals surface area contributed by atoms with Crippen molar-refractivity contribution in [3.8, 4) is 17.2 Å². The molecule has 0 saturated carbocycles. The van der Waals surface area contributed by atoms with E-state index in [4.69, 9.17) is 19.3 Å². The number of nitrogens with zero attached hydrogens (tertiary/aromatic N) is 1. The van der Waals surface area contributed by atoms with Crippen molar-refractivity contribution in [2.75, 3.05) is 26.8 Å². The van der Waals surface area contributed by atoms with Crippen LogP contribution in [0.2, 0.25) is 0 Å². The van der Waals surface area contributed by atoms with Crippen LogP contribution in [0.25, 0.3) is 0 Å². The van der Waals surface area contributed by atoms with E-state index in [1.54, 1.807) is 51.8 Å². The van der Waals surface area contributed by atoms with Gasteiger partial charge in [-0.1, -0.05) is 0 Å². The molecule has 2 N–H and O–H groups in total. The van der Waals surface area contributed by atoms with Crippen LogP contribution in [0.15, 0.2) is 41.5 Å². The van der Waals surface area contributed by atoms with Gasteiger partial charge in [0.15, 0.2) is 0 Å². The maximum Gasteiger partial charge on any atom is 0.335 e. The van der Waals surface area contributed by atoms with Crippen LogP contribution in [0.4, 0.5) is 5.69 Å². The number of methoxy groups -OCH3 is 3. The maximum absolute atomic E-state index is 10.8. The van der Waals surface area contributed by atoms with Crippen molar-refractivity contribution in [3.63, 3.8) is 0 Å². The number of aromatic carboxylic acids is 1. The number of benzene rings is 2. The smallest absolute Gasteiger partial charge is 0.335 e. The summed E-state index contributed by atoms with van der Waals surface area (Å²) >= 11 is 0. The molecule has 0 unspecified atom stereocenters. The van der Waals surface area contributed by atoms with E-state index in [0.29, 0.717) is 28.5 Å². The largest absolute Gasteiger partial charge is 0.496 e. The van der Waals surface area contributed by atoms with Gasteiger partial charge in [-0.2, -0.15) is 5.10 Å². The summed E-state index contributed by atoms with van der Waals surface area (Å²) < 4.78 is 15.9. The molecule has 0 spiro atoms. The molecule has 0 aliphatic carbocycles. The van der Waals surface area contributed by atoms with Crippen LogP contribution in [-0.2, 0) is 0 Å². The minimum Gasteiger partial charge on any atom is -0.496 e. The minimum absolute atomic E-state index is 0.211. The summed E-state index contributed by atoms with van der Waals surface area (Å²) in [7, 11) is 4.65. The monoisotopic (exact) mass is 330 g/mol. The maximum atomic E-state index is 10.8. The second-order valence-corrected chi connectivity index (χ2v) is 4.70. The molecule has 0 heterocycles. The SMILES string of the molecule is COc1cc(OC)c(/C=N\Nc2ccc(C(=O)O)cc2)c(OC)c1. The molecule has 2 rings (SSSR count). The molecule has 2 aromatic rings. The lowest BCUT2D eigenvalue weighted by Gasteiger charge is -2.12. The molecular formula is C17H18N2O5. The van der Waals surface area contributed by atoms with E-state index in [9.17, 15) is 4.79 Å². The van der Waals surface area contributed by atoms with Crippen molar-refractivity contribution in [2.24, 2.45) is 5.10 Å². The van der Waals surface area contributed by atoms with Crippen molar-refractivity contribution in [1.82, 2.24) is 0 Å². The number of carboxylic acids is 1. The van der Waals surface area contributed by atoms with Crippen LogP contribution in [0.3, 0.4) is 0 Å². The topological polar surface area (TPSA) is 89.4 Å². The molecule has 126 valence electrons. The zero-order chi connectivity index (χ0) is 17.5. The van der Waals surface area contributed by atoms with Gasteiger partial charge < -0.3 is 19.3 Å². The summed E-state index contributed by atoms with van der Waals surface area (Å²) in [6, 6.07) is 9.70. The lowest BCUT2D eigenvalue weighted by Crippen LogP contribution is -1.99. The Morgan fingerprint density at radius 3 is 2.08 bits per heavy atom. The van der Waals surface area contributed by atoms with E-state index in [1.165, 1.54) is 12.1 Å². The Labute approximate surface area is 139 Å². The minimum atomic E-state index is -0.974. The van der Waals surface area contributed by atoms with Gasteiger partial charge in [0.2, 0.25) is 0 Å². The van der Waals surface area contributed by atoms with Gasteiger partial charge in [0.1, 0.15) is 17.2 Å². The molecule has 0 saturated heterocycles. The van der Waals surface area contributed by atoms with Crippen LogP contribution in [0.1, 0.15) is 15.9 Å².